The molecule has 3 aromatic carbocycles. The number of esters is 1. The Morgan fingerprint density at radius 1 is 0.957 bits per heavy atom. The average Bonchev–Trinajstić information content (AvgIpc) is 3.35. The van der Waals surface area contributed by atoms with Gasteiger partial charge < -0.3 is 23.7 Å². The van der Waals surface area contributed by atoms with Gasteiger partial charge in [-0.3, -0.25) is 9.36 Å². The van der Waals surface area contributed by atoms with Crippen LogP contribution in [0.15, 0.2) is 80.6 Å². The summed E-state index contributed by atoms with van der Waals surface area (Å²) in [5.41, 5.74) is 3.50. The number of halogens is 1. The molecule has 0 bridgehead atoms. The van der Waals surface area contributed by atoms with Gasteiger partial charge >= 0.3 is 5.97 Å². The average molecular weight is 708 g/mol. The zero-order chi connectivity index (χ0) is 32.8. The number of rotatable bonds is 12. The lowest BCUT2D eigenvalue weighted by molar-refractivity contribution is -0.136. The number of aryl methyl sites for hydroxylation is 1. The molecule has 1 aliphatic heterocycles. The molecule has 1 aliphatic rings. The van der Waals surface area contributed by atoms with E-state index in [1.807, 2.05) is 64.1 Å². The number of hydrogen-bond donors (Lipinski definition) is 0. The van der Waals surface area contributed by atoms with E-state index in [-0.39, 0.29) is 11.1 Å². The molecule has 0 unspecified atom stereocenters. The van der Waals surface area contributed by atoms with E-state index >= 15 is 0 Å². The minimum atomic E-state index is -0.788. The molecule has 2 heterocycles. The summed E-state index contributed by atoms with van der Waals surface area (Å²) in [4.78, 5) is 31.9. The first-order valence-electron chi connectivity index (χ1n) is 14.9. The van der Waals surface area contributed by atoms with Crippen LogP contribution in [0.1, 0.15) is 49.1 Å². The second-order valence-electron chi connectivity index (χ2n) is 10.3. The molecule has 240 valence electrons. The predicted molar refractivity (Wildman–Crippen MR) is 181 cm³/mol. The summed E-state index contributed by atoms with van der Waals surface area (Å²) >= 11 is 4.88. The van der Waals surface area contributed by atoms with Crippen LogP contribution in [-0.4, -0.2) is 37.5 Å². The van der Waals surface area contributed by atoms with Crippen molar-refractivity contribution in [3.8, 4) is 23.0 Å². The molecule has 5 rings (SSSR count). The van der Waals surface area contributed by atoms with Crippen molar-refractivity contribution in [3.63, 3.8) is 0 Å². The maximum absolute atomic E-state index is 14.1. The molecule has 0 aliphatic carbocycles. The number of hydrogen-bond acceptors (Lipinski definition) is 9. The first kappa shape index (κ1) is 33.0. The lowest BCUT2D eigenvalue weighted by Crippen LogP contribution is -2.39. The van der Waals surface area contributed by atoms with E-state index in [4.69, 9.17) is 23.7 Å². The number of benzene rings is 3. The summed E-state index contributed by atoms with van der Waals surface area (Å²) < 4.78 is 31.4. The number of thiazole rings is 1. The van der Waals surface area contributed by atoms with Crippen molar-refractivity contribution in [2.45, 2.75) is 40.3 Å². The molecule has 0 fully saturated rings. The molecule has 9 nitrogen and oxygen atoms in total. The highest BCUT2D eigenvalue weighted by Crippen LogP contribution is 2.38. The molecule has 0 spiro atoms. The molecule has 0 saturated heterocycles. The second kappa shape index (κ2) is 14.8. The number of nitrogens with zero attached hydrogens (tertiary/aromatic N) is 2. The maximum Gasteiger partial charge on any atom is 0.337 e. The summed E-state index contributed by atoms with van der Waals surface area (Å²) in [5, 5.41) is 0. The number of carbonyl (C=O) groups excluding carboxylic acids is 1. The predicted octanol–water partition coefficient (Wildman–Crippen LogP) is 5.86. The summed E-state index contributed by atoms with van der Waals surface area (Å²) in [6, 6.07) is 16.5. The van der Waals surface area contributed by atoms with Crippen molar-refractivity contribution in [2.24, 2.45) is 4.99 Å². The van der Waals surface area contributed by atoms with E-state index in [1.54, 1.807) is 18.2 Å². The SMILES string of the molecule is CCOc1ccc([C@H]2C(C(=O)OC)=CN=c3s/c(=C\c4cc(Br)c(OCc5cccc(C)c5)c(OCC)c4)c(=O)n32)cc1OCC. The number of fused-ring (bicyclic) bond motifs is 1. The van der Waals surface area contributed by atoms with Gasteiger partial charge in [0.15, 0.2) is 27.8 Å². The van der Waals surface area contributed by atoms with Crippen LogP contribution in [0.3, 0.4) is 0 Å². The number of ether oxygens (including phenoxy) is 5. The molecular weight excluding hydrogens is 672 g/mol. The molecule has 0 amide bonds. The molecule has 0 saturated carbocycles. The Morgan fingerprint density at radius 3 is 2.41 bits per heavy atom. The van der Waals surface area contributed by atoms with Crippen molar-refractivity contribution in [1.29, 1.82) is 0 Å². The summed E-state index contributed by atoms with van der Waals surface area (Å²) in [5.74, 6) is 1.63. The van der Waals surface area contributed by atoms with Crippen LogP contribution in [0, 0.1) is 6.92 Å². The van der Waals surface area contributed by atoms with Crippen LogP contribution >= 0.6 is 27.3 Å². The van der Waals surface area contributed by atoms with Crippen molar-refractivity contribution in [3.05, 3.63) is 113 Å². The highest BCUT2D eigenvalue weighted by atomic mass is 79.9. The molecule has 0 N–H and O–H groups in total. The molecule has 0 radical (unpaired) electrons. The van der Waals surface area contributed by atoms with Gasteiger partial charge in [-0.05, 0) is 90.7 Å². The van der Waals surface area contributed by atoms with Gasteiger partial charge in [0, 0.05) is 6.20 Å². The first-order chi connectivity index (χ1) is 22.3. The van der Waals surface area contributed by atoms with Gasteiger partial charge in [0.05, 0.1) is 47.6 Å². The monoisotopic (exact) mass is 706 g/mol. The second-order valence-corrected chi connectivity index (χ2v) is 12.2. The lowest BCUT2D eigenvalue weighted by Gasteiger charge is -2.23. The minimum absolute atomic E-state index is 0.226. The zero-order valence-corrected chi connectivity index (χ0v) is 28.7. The molecule has 4 aromatic rings. The summed E-state index contributed by atoms with van der Waals surface area (Å²) in [6.45, 7) is 9.39. The third-order valence-electron chi connectivity index (χ3n) is 7.10. The van der Waals surface area contributed by atoms with Gasteiger partial charge in [-0.25, -0.2) is 9.79 Å². The molecule has 11 heteroatoms. The lowest BCUT2D eigenvalue weighted by atomic mass is 9.97. The third kappa shape index (κ3) is 7.05. The molecule has 1 aromatic heterocycles. The van der Waals surface area contributed by atoms with Crippen LogP contribution in [0.2, 0.25) is 0 Å². The Morgan fingerprint density at radius 2 is 1.70 bits per heavy atom. The Kier molecular flexibility index (Phi) is 10.6. The zero-order valence-electron chi connectivity index (χ0n) is 26.3. The van der Waals surface area contributed by atoms with Crippen LogP contribution in [0.5, 0.6) is 23.0 Å². The van der Waals surface area contributed by atoms with E-state index in [0.29, 0.717) is 68.8 Å². The number of aromatic nitrogens is 1. The van der Waals surface area contributed by atoms with Gasteiger partial charge in [-0.2, -0.15) is 0 Å². The van der Waals surface area contributed by atoms with E-state index in [9.17, 15) is 9.59 Å². The fraction of sp³-hybridized carbons (Fsp3) is 0.286. The van der Waals surface area contributed by atoms with E-state index in [0.717, 1.165) is 16.7 Å². The van der Waals surface area contributed by atoms with E-state index < -0.39 is 12.0 Å². The van der Waals surface area contributed by atoms with E-state index in [2.05, 4.69) is 27.0 Å². The summed E-state index contributed by atoms with van der Waals surface area (Å²) in [6.07, 6.45) is 3.25. The largest absolute Gasteiger partial charge is 0.490 e. The molecule has 1 atom stereocenters. The van der Waals surface area contributed by atoms with Gasteiger partial charge in [0.1, 0.15) is 6.61 Å². The van der Waals surface area contributed by atoms with Crippen molar-refractivity contribution in [1.82, 2.24) is 4.57 Å². The Labute approximate surface area is 279 Å². The van der Waals surface area contributed by atoms with Crippen LogP contribution in [0.4, 0.5) is 0 Å². The maximum atomic E-state index is 14.1. The van der Waals surface area contributed by atoms with Crippen LogP contribution < -0.4 is 33.8 Å². The Hall–Kier alpha value is -4.35. The summed E-state index contributed by atoms with van der Waals surface area (Å²) in [7, 11) is 1.30. The topological polar surface area (TPSA) is 97.6 Å². The Balaban J connectivity index is 1.57. The van der Waals surface area contributed by atoms with Crippen LogP contribution in [-0.2, 0) is 16.1 Å². The van der Waals surface area contributed by atoms with Gasteiger partial charge in [-0.15, -0.1) is 0 Å². The van der Waals surface area contributed by atoms with Crippen LogP contribution in [0.25, 0.3) is 6.08 Å². The minimum Gasteiger partial charge on any atom is -0.490 e. The smallest absolute Gasteiger partial charge is 0.337 e. The van der Waals surface area contributed by atoms with Gasteiger partial charge in [0.25, 0.3) is 5.56 Å². The quantitative estimate of drug-likeness (QED) is 0.170. The Bertz CT molecular complexity index is 1960. The third-order valence-corrected chi connectivity index (χ3v) is 8.69. The molecular formula is C35H35BrN2O7S. The van der Waals surface area contributed by atoms with Crippen molar-refractivity contribution < 1.29 is 28.5 Å². The number of carbonyl (C=O) groups is 1. The highest BCUT2D eigenvalue weighted by Gasteiger charge is 2.31. The number of methoxy groups -OCH3 is 1. The van der Waals surface area contributed by atoms with Gasteiger partial charge in [0.2, 0.25) is 0 Å². The fourth-order valence-corrected chi connectivity index (χ4v) is 6.71. The molecule has 46 heavy (non-hydrogen) atoms. The van der Waals surface area contributed by atoms with Crippen molar-refractivity contribution >= 4 is 39.3 Å². The standard InChI is InChI=1S/C35H35BrN2O7S/c1-6-42-27-13-12-24(18-28(27)43-7-2)31-25(34(40)41-5)19-37-35-38(31)33(39)30(46-35)17-23-15-26(36)32(29(16-23)44-8-3)45-20-22-11-9-10-21(4)14-22/h9-19,31H,6-8,20H2,1-5H3/b30-17-/t31-/m0/s1. The fourth-order valence-electron chi connectivity index (χ4n) is 5.17. The normalized spacial score (nSPS) is 14.2. The first-order valence-corrected chi connectivity index (χ1v) is 16.5. The van der Waals surface area contributed by atoms with Gasteiger partial charge in [-0.1, -0.05) is 47.2 Å². The van der Waals surface area contributed by atoms with E-state index in [1.165, 1.54) is 29.2 Å². The highest BCUT2D eigenvalue weighted by molar-refractivity contribution is 9.10. The van der Waals surface area contributed by atoms with Crippen molar-refractivity contribution in [2.75, 3.05) is 26.9 Å².